The van der Waals surface area contributed by atoms with Gasteiger partial charge < -0.3 is 10.1 Å². The first-order valence-corrected chi connectivity index (χ1v) is 6.39. The lowest BCUT2D eigenvalue weighted by Gasteiger charge is -2.04. The van der Waals surface area contributed by atoms with E-state index >= 15 is 0 Å². The molecule has 0 spiro atoms. The molecule has 1 N–H and O–H groups in total. The van der Waals surface area contributed by atoms with E-state index in [1.807, 2.05) is 19.1 Å². The molecule has 19 heavy (non-hydrogen) atoms. The van der Waals surface area contributed by atoms with Gasteiger partial charge in [-0.3, -0.25) is 4.79 Å². The van der Waals surface area contributed by atoms with Crippen LogP contribution in [0.5, 0.6) is 0 Å². The maximum atomic E-state index is 11.5. The van der Waals surface area contributed by atoms with Crippen molar-refractivity contribution in [2.75, 3.05) is 19.8 Å². The molecule has 0 saturated heterocycles. The molecule has 102 valence electrons. The summed E-state index contributed by atoms with van der Waals surface area (Å²) in [6.07, 6.45) is 3.19. The first kappa shape index (κ1) is 15.5. The standard InChI is InChI=1S/C15H18ClNO2/c1-12(2)11-19-9-8-17-15(18)7-6-13-4-3-5-14(16)10-13/h3-7,10H,1,8-9,11H2,2H3,(H,17,18)/b7-6+. The highest BCUT2D eigenvalue weighted by molar-refractivity contribution is 6.30. The van der Waals surface area contributed by atoms with Crippen molar-refractivity contribution in [1.82, 2.24) is 5.32 Å². The fraction of sp³-hybridized carbons (Fsp3) is 0.267. The van der Waals surface area contributed by atoms with Crippen molar-refractivity contribution in [2.24, 2.45) is 0 Å². The van der Waals surface area contributed by atoms with Crippen LogP contribution in [0.25, 0.3) is 6.08 Å². The number of benzene rings is 1. The van der Waals surface area contributed by atoms with Gasteiger partial charge in [0.2, 0.25) is 5.91 Å². The number of carbonyl (C=O) groups excluding carboxylic acids is 1. The van der Waals surface area contributed by atoms with E-state index in [4.69, 9.17) is 16.3 Å². The Hall–Kier alpha value is -1.58. The topological polar surface area (TPSA) is 38.3 Å². The third-order valence-electron chi connectivity index (χ3n) is 2.17. The monoisotopic (exact) mass is 279 g/mol. The molecule has 1 amide bonds. The summed E-state index contributed by atoms with van der Waals surface area (Å²) in [5.74, 6) is -0.154. The average Bonchev–Trinajstić information content (AvgIpc) is 2.35. The van der Waals surface area contributed by atoms with Crippen LogP contribution in [0.3, 0.4) is 0 Å². The van der Waals surface area contributed by atoms with Gasteiger partial charge in [0.1, 0.15) is 0 Å². The number of rotatable bonds is 7. The predicted octanol–water partition coefficient (Wildman–Crippen LogP) is 3.06. The lowest BCUT2D eigenvalue weighted by Crippen LogP contribution is -2.25. The Bertz CT molecular complexity index is 469. The van der Waals surface area contributed by atoms with Crippen molar-refractivity contribution in [3.05, 3.63) is 53.1 Å². The van der Waals surface area contributed by atoms with Crippen LogP contribution < -0.4 is 5.32 Å². The first-order valence-electron chi connectivity index (χ1n) is 6.01. The van der Waals surface area contributed by atoms with Crippen LogP contribution in [0.4, 0.5) is 0 Å². The molecular weight excluding hydrogens is 262 g/mol. The van der Waals surface area contributed by atoms with Crippen molar-refractivity contribution in [2.45, 2.75) is 6.92 Å². The quantitative estimate of drug-likeness (QED) is 0.473. The summed E-state index contributed by atoms with van der Waals surface area (Å²) in [7, 11) is 0. The predicted molar refractivity (Wildman–Crippen MR) is 79.1 cm³/mol. The maximum Gasteiger partial charge on any atom is 0.244 e. The second kappa shape index (κ2) is 8.51. The molecule has 4 heteroatoms. The first-order chi connectivity index (χ1) is 9.08. The van der Waals surface area contributed by atoms with E-state index in [9.17, 15) is 4.79 Å². The van der Waals surface area contributed by atoms with Crippen LogP contribution in [0.15, 0.2) is 42.5 Å². The van der Waals surface area contributed by atoms with Crippen molar-refractivity contribution >= 4 is 23.6 Å². The van der Waals surface area contributed by atoms with Gasteiger partial charge in [-0.1, -0.05) is 35.9 Å². The molecule has 1 aromatic carbocycles. The highest BCUT2D eigenvalue weighted by atomic mass is 35.5. The zero-order valence-electron chi connectivity index (χ0n) is 11.0. The summed E-state index contributed by atoms with van der Waals surface area (Å²) < 4.78 is 5.27. The Kier molecular flexibility index (Phi) is 6.93. The van der Waals surface area contributed by atoms with Gasteiger partial charge in [-0.05, 0) is 30.7 Å². The minimum absolute atomic E-state index is 0.154. The van der Waals surface area contributed by atoms with Crippen molar-refractivity contribution in [3.63, 3.8) is 0 Å². The number of carbonyl (C=O) groups is 1. The molecule has 0 bridgehead atoms. The smallest absolute Gasteiger partial charge is 0.244 e. The molecule has 0 aliphatic carbocycles. The second-order valence-electron chi connectivity index (χ2n) is 4.19. The van der Waals surface area contributed by atoms with Crippen LogP contribution in [0.1, 0.15) is 12.5 Å². The number of halogens is 1. The van der Waals surface area contributed by atoms with Gasteiger partial charge in [0.25, 0.3) is 0 Å². The molecule has 0 aliphatic heterocycles. The summed E-state index contributed by atoms with van der Waals surface area (Å²) in [5.41, 5.74) is 1.85. The summed E-state index contributed by atoms with van der Waals surface area (Å²) >= 11 is 5.85. The van der Waals surface area contributed by atoms with E-state index in [-0.39, 0.29) is 5.91 Å². The van der Waals surface area contributed by atoms with E-state index in [1.54, 1.807) is 18.2 Å². The molecule has 0 radical (unpaired) electrons. The van der Waals surface area contributed by atoms with Crippen LogP contribution in [0, 0.1) is 0 Å². The fourth-order valence-electron chi connectivity index (χ4n) is 1.33. The summed E-state index contributed by atoms with van der Waals surface area (Å²) in [4.78, 5) is 11.5. The molecule has 0 unspecified atom stereocenters. The van der Waals surface area contributed by atoms with Gasteiger partial charge in [-0.15, -0.1) is 0 Å². The summed E-state index contributed by atoms with van der Waals surface area (Å²) in [6.45, 7) is 7.09. The molecular formula is C15H18ClNO2. The number of ether oxygens (including phenoxy) is 1. The van der Waals surface area contributed by atoms with Gasteiger partial charge in [0.15, 0.2) is 0 Å². The Morgan fingerprint density at radius 1 is 1.53 bits per heavy atom. The van der Waals surface area contributed by atoms with E-state index < -0.39 is 0 Å². The fourth-order valence-corrected chi connectivity index (χ4v) is 1.53. The Morgan fingerprint density at radius 3 is 3.00 bits per heavy atom. The van der Waals surface area contributed by atoms with Gasteiger partial charge in [0, 0.05) is 17.6 Å². The average molecular weight is 280 g/mol. The molecule has 1 aromatic rings. The van der Waals surface area contributed by atoms with Crippen molar-refractivity contribution in [1.29, 1.82) is 0 Å². The SMILES string of the molecule is C=C(C)COCCNC(=O)/C=C/c1cccc(Cl)c1. The lowest BCUT2D eigenvalue weighted by molar-refractivity contribution is -0.116. The van der Waals surface area contributed by atoms with Crippen LogP contribution in [-0.4, -0.2) is 25.7 Å². The Morgan fingerprint density at radius 2 is 2.32 bits per heavy atom. The third kappa shape index (κ3) is 7.44. The third-order valence-corrected chi connectivity index (χ3v) is 2.41. The minimum atomic E-state index is -0.154. The normalized spacial score (nSPS) is 10.6. The van der Waals surface area contributed by atoms with Crippen molar-refractivity contribution < 1.29 is 9.53 Å². The molecule has 0 aliphatic rings. The zero-order valence-corrected chi connectivity index (χ0v) is 11.7. The molecule has 0 atom stereocenters. The molecule has 0 fully saturated rings. The van der Waals surface area contributed by atoms with E-state index in [0.717, 1.165) is 11.1 Å². The molecule has 0 saturated carbocycles. The van der Waals surface area contributed by atoms with E-state index in [2.05, 4.69) is 11.9 Å². The van der Waals surface area contributed by atoms with Crippen LogP contribution in [0.2, 0.25) is 5.02 Å². The van der Waals surface area contributed by atoms with Gasteiger partial charge in [0.05, 0.1) is 13.2 Å². The zero-order chi connectivity index (χ0) is 14.1. The Balaban J connectivity index is 2.25. The van der Waals surface area contributed by atoms with Crippen molar-refractivity contribution in [3.8, 4) is 0 Å². The maximum absolute atomic E-state index is 11.5. The molecule has 0 heterocycles. The lowest BCUT2D eigenvalue weighted by atomic mass is 10.2. The van der Waals surface area contributed by atoms with Crippen LogP contribution in [-0.2, 0) is 9.53 Å². The van der Waals surface area contributed by atoms with Gasteiger partial charge in [-0.25, -0.2) is 0 Å². The number of nitrogens with one attached hydrogen (secondary N) is 1. The number of amides is 1. The second-order valence-corrected chi connectivity index (χ2v) is 4.63. The summed E-state index contributed by atoms with van der Waals surface area (Å²) in [5, 5.41) is 3.38. The van der Waals surface area contributed by atoms with Crippen LogP contribution >= 0.6 is 11.6 Å². The molecule has 1 rings (SSSR count). The van der Waals surface area contributed by atoms with Gasteiger partial charge in [-0.2, -0.15) is 0 Å². The number of hydrogen-bond acceptors (Lipinski definition) is 2. The number of hydrogen-bond donors (Lipinski definition) is 1. The highest BCUT2D eigenvalue weighted by Crippen LogP contribution is 2.11. The van der Waals surface area contributed by atoms with E-state index in [0.29, 0.717) is 24.8 Å². The highest BCUT2D eigenvalue weighted by Gasteiger charge is 1.95. The minimum Gasteiger partial charge on any atom is -0.375 e. The van der Waals surface area contributed by atoms with E-state index in [1.165, 1.54) is 6.08 Å². The largest absolute Gasteiger partial charge is 0.375 e. The van der Waals surface area contributed by atoms with Gasteiger partial charge >= 0.3 is 0 Å². The Labute approximate surface area is 118 Å². The summed E-state index contributed by atoms with van der Waals surface area (Å²) in [6, 6.07) is 7.30. The molecule has 3 nitrogen and oxygen atoms in total. The molecule has 0 aromatic heterocycles.